The highest BCUT2D eigenvalue weighted by Gasteiger charge is 2.08. The number of hydrogen-bond acceptors (Lipinski definition) is 5. The van der Waals surface area contributed by atoms with Crippen LogP contribution >= 0.6 is 0 Å². The number of ketones is 1. The molecule has 31 heavy (non-hydrogen) atoms. The van der Waals surface area contributed by atoms with Gasteiger partial charge in [0.2, 0.25) is 0 Å². The maximum atomic E-state index is 12.3. The molecule has 5 nitrogen and oxygen atoms in total. The van der Waals surface area contributed by atoms with Crippen LogP contribution in [0.2, 0.25) is 0 Å². The first-order chi connectivity index (χ1) is 15.0. The molecule has 0 unspecified atom stereocenters. The molecule has 0 aliphatic heterocycles. The standard InChI is InChI=1S/C26H24O5/c1-18-4-10-21(11-5-18)23(27)14-8-19-9-15-24(25(16-19)29-2)31-17-20-6-12-22(13-7-20)26(28)30-3/h4-16H,17H2,1-3H3. The van der Waals surface area contributed by atoms with Crippen LogP contribution in [-0.2, 0) is 11.3 Å². The number of allylic oxidation sites excluding steroid dienone is 1. The molecule has 0 aliphatic carbocycles. The van der Waals surface area contributed by atoms with Crippen molar-refractivity contribution in [1.29, 1.82) is 0 Å². The third-order valence-corrected chi connectivity index (χ3v) is 4.72. The maximum Gasteiger partial charge on any atom is 0.337 e. The molecule has 3 rings (SSSR count). The minimum Gasteiger partial charge on any atom is -0.493 e. The lowest BCUT2D eigenvalue weighted by atomic mass is 10.1. The van der Waals surface area contributed by atoms with E-state index in [2.05, 4.69) is 0 Å². The van der Waals surface area contributed by atoms with Crippen LogP contribution < -0.4 is 9.47 Å². The van der Waals surface area contributed by atoms with Crippen molar-refractivity contribution >= 4 is 17.8 Å². The molecule has 0 saturated heterocycles. The van der Waals surface area contributed by atoms with E-state index in [0.29, 0.717) is 29.2 Å². The first-order valence-corrected chi connectivity index (χ1v) is 9.77. The van der Waals surface area contributed by atoms with Gasteiger partial charge in [0.1, 0.15) is 6.61 Å². The van der Waals surface area contributed by atoms with Crippen molar-refractivity contribution in [3.05, 3.63) is 101 Å². The molecule has 0 spiro atoms. The lowest BCUT2D eigenvalue weighted by Gasteiger charge is -2.11. The molecule has 0 fully saturated rings. The minimum absolute atomic E-state index is 0.0605. The Morgan fingerprint density at radius 2 is 1.52 bits per heavy atom. The quantitative estimate of drug-likeness (QED) is 0.285. The average Bonchev–Trinajstić information content (AvgIpc) is 2.81. The molecule has 0 bridgehead atoms. The molecule has 0 N–H and O–H groups in total. The Morgan fingerprint density at radius 3 is 2.16 bits per heavy atom. The number of rotatable bonds is 8. The Balaban J connectivity index is 1.66. The van der Waals surface area contributed by atoms with Gasteiger partial charge >= 0.3 is 5.97 Å². The predicted molar refractivity (Wildman–Crippen MR) is 120 cm³/mol. The first-order valence-electron chi connectivity index (χ1n) is 9.77. The third-order valence-electron chi connectivity index (χ3n) is 4.72. The van der Waals surface area contributed by atoms with E-state index < -0.39 is 0 Å². The Bertz CT molecular complexity index is 1080. The minimum atomic E-state index is -0.376. The van der Waals surface area contributed by atoms with Crippen molar-refractivity contribution in [2.24, 2.45) is 0 Å². The second-order valence-corrected chi connectivity index (χ2v) is 6.95. The Labute approximate surface area is 181 Å². The lowest BCUT2D eigenvalue weighted by Crippen LogP contribution is -2.02. The summed E-state index contributed by atoms with van der Waals surface area (Å²) in [5, 5.41) is 0. The summed E-state index contributed by atoms with van der Waals surface area (Å²) in [7, 11) is 2.92. The van der Waals surface area contributed by atoms with E-state index in [1.165, 1.54) is 7.11 Å². The zero-order chi connectivity index (χ0) is 22.2. The molecule has 5 heteroatoms. The number of carbonyl (C=O) groups excluding carboxylic acids is 2. The van der Waals surface area contributed by atoms with Gasteiger partial charge in [-0.3, -0.25) is 4.79 Å². The fraction of sp³-hybridized carbons (Fsp3) is 0.154. The summed E-state index contributed by atoms with van der Waals surface area (Å²) in [4.78, 5) is 23.8. The van der Waals surface area contributed by atoms with Gasteiger partial charge in [-0.2, -0.15) is 0 Å². The van der Waals surface area contributed by atoms with Gasteiger partial charge in [0.15, 0.2) is 17.3 Å². The van der Waals surface area contributed by atoms with Gasteiger partial charge < -0.3 is 14.2 Å². The normalized spacial score (nSPS) is 10.7. The summed E-state index contributed by atoms with van der Waals surface area (Å²) in [6.45, 7) is 2.30. The van der Waals surface area contributed by atoms with Gasteiger partial charge in [-0.05, 0) is 48.4 Å². The summed E-state index contributed by atoms with van der Waals surface area (Å²) in [5.74, 6) is 0.714. The molecule has 3 aromatic carbocycles. The molecular formula is C26H24O5. The van der Waals surface area contributed by atoms with Gasteiger partial charge in [0.05, 0.1) is 19.8 Å². The van der Waals surface area contributed by atoms with Crippen LogP contribution in [0.1, 0.15) is 37.4 Å². The number of ether oxygens (including phenoxy) is 3. The number of benzene rings is 3. The smallest absolute Gasteiger partial charge is 0.337 e. The van der Waals surface area contributed by atoms with Gasteiger partial charge in [-0.15, -0.1) is 0 Å². The molecule has 0 radical (unpaired) electrons. The fourth-order valence-electron chi connectivity index (χ4n) is 2.91. The monoisotopic (exact) mass is 416 g/mol. The zero-order valence-corrected chi connectivity index (χ0v) is 17.8. The lowest BCUT2D eigenvalue weighted by molar-refractivity contribution is 0.0600. The second kappa shape index (κ2) is 10.3. The third kappa shape index (κ3) is 5.82. The molecule has 0 heterocycles. The molecule has 0 amide bonds. The van der Waals surface area contributed by atoms with Gasteiger partial charge in [0.25, 0.3) is 0 Å². The van der Waals surface area contributed by atoms with E-state index >= 15 is 0 Å². The van der Waals surface area contributed by atoms with E-state index in [0.717, 1.165) is 16.7 Å². The topological polar surface area (TPSA) is 61.8 Å². The predicted octanol–water partition coefficient (Wildman–Crippen LogP) is 5.27. The number of esters is 1. The first kappa shape index (κ1) is 21.8. The summed E-state index contributed by atoms with van der Waals surface area (Å²) in [5.41, 5.74) is 3.97. The molecule has 3 aromatic rings. The van der Waals surface area contributed by atoms with E-state index in [-0.39, 0.29) is 11.8 Å². The Hall–Kier alpha value is -3.86. The highest BCUT2D eigenvalue weighted by Crippen LogP contribution is 2.29. The van der Waals surface area contributed by atoms with E-state index in [1.54, 1.807) is 37.5 Å². The number of methoxy groups -OCH3 is 2. The average molecular weight is 416 g/mol. The largest absolute Gasteiger partial charge is 0.493 e. The number of carbonyl (C=O) groups is 2. The summed E-state index contributed by atoms with van der Waals surface area (Å²) < 4.78 is 16.0. The van der Waals surface area contributed by atoms with Crippen LogP contribution in [0.3, 0.4) is 0 Å². The van der Waals surface area contributed by atoms with Crippen LogP contribution in [0.5, 0.6) is 11.5 Å². The van der Waals surface area contributed by atoms with Crippen LogP contribution in [0.15, 0.2) is 72.8 Å². The van der Waals surface area contributed by atoms with Crippen molar-refractivity contribution in [2.45, 2.75) is 13.5 Å². The van der Waals surface area contributed by atoms with Crippen molar-refractivity contribution in [3.63, 3.8) is 0 Å². The molecule has 0 aromatic heterocycles. The highest BCUT2D eigenvalue weighted by molar-refractivity contribution is 6.06. The highest BCUT2D eigenvalue weighted by atomic mass is 16.5. The van der Waals surface area contributed by atoms with Gasteiger partial charge in [-0.25, -0.2) is 4.79 Å². The zero-order valence-electron chi connectivity index (χ0n) is 17.8. The van der Waals surface area contributed by atoms with Crippen LogP contribution in [0.4, 0.5) is 0 Å². The molecule has 0 aliphatic rings. The van der Waals surface area contributed by atoms with Gasteiger partial charge in [0, 0.05) is 5.56 Å². The maximum absolute atomic E-state index is 12.3. The SMILES string of the molecule is COC(=O)c1ccc(COc2ccc(C=CC(=O)c3ccc(C)cc3)cc2OC)cc1. The molecule has 158 valence electrons. The Kier molecular flexibility index (Phi) is 7.22. The van der Waals surface area contributed by atoms with Crippen LogP contribution in [-0.4, -0.2) is 26.0 Å². The summed E-state index contributed by atoms with van der Waals surface area (Å²) >= 11 is 0. The van der Waals surface area contributed by atoms with Crippen LogP contribution in [0.25, 0.3) is 6.08 Å². The summed E-state index contributed by atoms with van der Waals surface area (Å²) in [6.07, 6.45) is 3.29. The molecular weight excluding hydrogens is 392 g/mol. The van der Waals surface area contributed by atoms with E-state index in [9.17, 15) is 9.59 Å². The van der Waals surface area contributed by atoms with Crippen molar-refractivity contribution in [3.8, 4) is 11.5 Å². The number of hydrogen-bond donors (Lipinski definition) is 0. The second-order valence-electron chi connectivity index (χ2n) is 6.95. The van der Waals surface area contributed by atoms with Crippen molar-refractivity contribution in [2.75, 3.05) is 14.2 Å². The number of aryl methyl sites for hydroxylation is 1. The van der Waals surface area contributed by atoms with Crippen molar-refractivity contribution < 1.29 is 23.8 Å². The molecule has 0 saturated carbocycles. The Morgan fingerprint density at radius 1 is 0.839 bits per heavy atom. The van der Waals surface area contributed by atoms with Crippen molar-refractivity contribution in [1.82, 2.24) is 0 Å². The van der Waals surface area contributed by atoms with Crippen LogP contribution in [0, 0.1) is 6.92 Å². The van der Waals surface area contributed by atoms with E-state index in [1.807, 2.05) is 55.5 Å². The fourth-order valence-corrected chi connectivity index (χ4v) is 2.91. The van der Waals surface area contributed by atoms with E-state index in [4.69, 9.17) is 14.2 Å². The van der Waals surface area contributed by atoms with Gasteiger partial charge in [-0.1, -0.05) is 54.1 Å². The summed E-state index contributed by atoms with van der Waals surface area (Å²) in [6, 6.07) is 20.0. The molecule has 0 atom stereocenters.